The number of H-pyrrole nitrogens is 1. The van der Waals surface area contributed by atoms with Crippen LogP contribution in [0.25, 0.3) is 11.1 Å². The zero-order valence-corrected chi connectivity index (χ0v) is 17.8. The summed E-state index contributed by atoms with van der Waals surface area (Å²) in [6.07, 6.45) is 8.73. The normalized spacial score (nSPS) is 18.8. The fourth-order valence-corrected chi connectivity index (χ4v) is 4.14. The number of nitrogens with zero attached hydrogens (tertiary/aromatic N) is 2. The summed E-state index contributed by atoms with van der Waals surface area (Å²) in [4.78, 5) is 28.4. The monoisotopic (exact) mass is 433 g/mol. The number of aromatic nitrogens is 3. The van der Waals surface area contributed by atoms with E-state index < -0.39 is 0 Å². The van der Waals surface area contributed by atoms with Gasteiger partial charge in [-0.3, -0.25) is 14.7 Å². The number of unbranched alkanes of at least 4 members (excludes halogenated alkanes) is 1. The number of carbonyl (C=O) groups is 2. The number of hydrogen-bond acceptors (Lipinski definition) is 5. The molecule has 0 radical (unpaired) electrons. The molecule has 9 heteroatoms. The van der Waals surface area contributed by atoms with E-state index in [1.807, 2.05) is 0 Å². The molecule has 30 heavy (non-hydrogen) atoms. The highest BCUT2D eigenvalue weighted by Crippen LogP contribution is 2.32. The number of anilines is 1. The van der Waals surface area contributed by atoms with Gasteiger partial charge in [0.05, 0.1) is 11.2 Å². The Labute approximate surface area is 180 Å². The molecule has 0 aromatic carbocycles. The SMILES string of the molecule is CC(=O)NC1CCCC(C(=O)Nc2cc(-c3cn[nH]c3CCCCO)c(Cl)cn2)C1. The first kappa shape index (κ1) is 22.2. The van der Waals surface area contributed by atoms with Gasteiger partial charge in [-0.1, -0.05) is 18.0 Å². The van der Waals surface area contributed by atoms with Crippen LogP contribution < -0.4 is 10.6 Å². The molecule has 4 N–H and O–H groups in total. The number of hydrogen-bond donors (Lipinski definition) is 4. The fraction of sp³-hybridized carbons (Fsp3) is 0.524. The van der Waals surface area contributed by atoms with Crippen molar-refractivity contribution in [2.45, 2.75) is 57.9 Å². The van der Waals surface area contributed by atoms with Crippen LogP contribution in [0.5, 0.6) is 0 Å². The topological polar surface area (TPSA) is 120 Å². The van der Waals surface area contributed by atoms with Crippen molar-refractivity contribution in [1.29, 1.82) is 0 Å². The van der Waals surface area contributed by atoms with Crippen LogP contribution in [-0.2, 0) is 16.0 Å². The highest BCUT2D eigenvalue weighted by Gasteiger charge is 2.28. The maximum atomic E-state index is 12.8. The van der Waals surface area contributed by atoms with E-state index in [4.69, 9.17) is 16.7 Å². The lowest BCUT2D eigenvalue weighted by Gasteiger charge is -2.28. The smallest absolute Gasteiger partial charge is 0.228 e. The zero-order valence-electron chi connectivity index (χ0n) is 17.1. The van der Waals surface area contributed by atoms with Crippen molar-refractivity contribution in [3.63, 3.8) is 0 Å². The minimum atomic E-state index is -0.167. The molecule has 2 atom stereocenters. The van der Waals surface area contributed by atoms with Crippen molar-refractivity contribution in [3.05, 3.63) is 29.2 Å². The predicted octanol–water partition coefficient (Wildman–Crippen LogP) is 3.07. The number of amides is 2. The van der Waals surface area contributed by atoms with Gasteiger partial charge < -0.3 is 15.7 Å². The van der Waals surface area contributed by atoms with Crippen LogP contribution in [0, 0.1) is 5.92 Å². The molecule has 8 nitrogen and oxygen atoms in total. The molecule has 1 saturated carbocycles. The quantitative estimate of drug-likeness (QED) is 0.477. The van der Waals surface area contributed by atoms with Gasteiger partial charge in [-0.25, -0.2) is 4.98 Å². The Bertz CT molecular complexity index is 885. The van der Waals surface area contributed by atoms with Gasteiger partial charge in [0.25, 0.3) is 0 Å². The second kappa shape index (κ2) is 10.5. The average Bonchev–Trinajstić information content (AvgIpc) is 3.17. The molecule has 0 bridgehead atoms. The van der Waals surface area contributed by atoms with E-state index in [1.54, 1.807) is 12.3 Å². The van der Waals surface area contributed by atoms with E-state index in [0.29, 0.717) is 23.7 Å². The van der Waals surface area contributed by atoms with E-state index in [2.05, 4.69) is 25.8 Å². The van der Waals surface area contributed by atoms with Gasteiger partial charge in [-0.05, 0) is 44.6 Å². The van der Waals surface area contributed by atoms with Gasteiger partial charge in [0.15, 0.2) is 0 Å². The second-order valence-corrected chi connectivity index (χ2v) is 8.15. The summed E-state index contributed by atoms with van der Waals surface area (Å²) in [6, 6.07) is 1.79. The Morgan fingerprint density at radius 3 is 2.87 bits per heavy atom. The summed E-state index contributed by atoms with van der Waals surface area (Å²) >= 11 is 6.38. The zero-order chi connectivity index (χ0) is 21.5. The molecule has 1 aliphatic carbocycles. The fourth-order valence-electron chi connectivity index (χ4n) is 3.94. The number of aromatic amines is 1. The molecule has 2 aromatic rings. The molecule has 2 amide bonds. The number of halogens is 1. The highest BCUT2D eigenvalue weighted by atomic mass is 35.5. The third-order valence-electron chi connectivity index (χ3n) is 5.40. The molecule has 2 unspecified atom stereocenters. The Kier molecular flexibility index (Phi) is 7.81. The minimum absolute atomic E-state index is 0.0353. The van der Waals surface area contributed by atoms with Crippen LogP contribution >= 0.6 is 11.6 Å². The number of nitrogens with one attached hydrogen (secondary N) is 3. The molecule has 1 fully saturated rings. The lowest BCUT2D eigenvalue weighted by Crippen LogP contribution is -2.40. The third kappa shape index (κ3) is 5.79. The summed E-state index contributed by atoms with van der Waals surface area (Å²) in [5.74, 6) is 0.101. The Morgan fingerprint density at radius 1 is 1.27 bits per heavy atom. The van der Waals surface area contributed by atoms with Gasteiger partial charge >= 0.3 is 0 Å². The summed E-state index contributed by atoms with van der Waals surface area (Å²) < 4.78 is 0. The van der Waals surface area contributed by atoms with Crippen LogP contribution in [-0.4, -0.2) is 44.8 Å². The van der Waals surface area contributed by atoms with E-state index in [-0.39, 0.29) is 30.4 Å². The lowest BCUT2D eigenvalue weighted by molar-refractivity contribution is -0.123. The van der Waals surface area contributed by atoms with Crippen molar-refractivity contribution in [3.8, 4) is 11.1 Å². The number of aliphatic hydroxyl groups excluding tert-OH is 1. The van der Waals surface area contributed by atoms with Crippen molar-refractivity contribution in [2.75, 3.05) is 11.9 Å². The summed E-state index contributed by atoms with van der Waals surface area (Å²) in [5, 5.41) is 22.4. The van der Waals surface area contributed by atoms with Crippen molar-refractivity contribution >= 4 is 29.2 Å². The number of aryl methyl sites for hydroxylation is 1. The van der Waals surface area contributed by atoms with E-state index in [9.17, 15) is 9.59 Å². The molecule has 1 aliphatic rings. The number of aliphatic hydroxyl groups is 1. The first-order chi connectivity index (χ1) is 14.5. The van der Waals surface area contributed by atoms with Gasteiger partial charge in [0.1, 0.15) is 5.82 Å². The van der Waals surface area contributed by atoms with Crippen LogP contribution in [0.15, 0.2) is 18.5 Å². The van der Waals surface area contributed by atoms with Crippen molar-refractivity contribution in [2.24, 2.45) is 5.92 Å². The van der Waals surface area contributed by atoms with E-state index >= 15 is 0 Å². The molecule has 0 aliphatic heterocycles. The molecule has 0 saturated heterocycles. The summed E-state index contributed by atoms with van der Waals surface area (Å²) in [6.45, 7) is 1.65. The van der Waals surface area contributed by atoms with Crippen LogP contribution in [0.1, 0.15) is 51.1 Å². The van der Waals surface area contributed by atoms with Crippen molar-refractivity contribution in [1.82, 2.24) is 20.5 Å². The van der Waals surface area contributed by atoms with Gasteiger partial charge in [-0.15, -0.1) is 0 Å². The van der Waals surface area contributed by atoms with Crippen LogP contribution in [0.4, 0.5) is 5.82 Å². The maximum absolute atomic E-state index is 12.8. The number of pyridine rings is 1. The molecule has 2 aromatic heterocycles. The third-order valence-corrected chi connectivity index (χ3v) is 5.70. The maximum Gasteiger partial charge on any atom is 0.228 e. The first-order valence-electron chi connectivity index (χ1n) is 10.3. The van der Waals surface area contributed by atoms with E-state index in [0.717, 1.165) is 48.9 Å². The van der Waals surface area contributed by atoms with Crippen LogP contribution in [0.2, 0.25) is 5.02 Å². The standard InChI is InChI=1S/C21H28ClN5O3/c1-13(29)25-15-6-4-5-14(9-15)21(30)26-20-10-16(18(22)12-23-20)17-11-24-27-19(17)7-2-3-8-28/h10-12,14-15,28H,2-9H2,1H3,(H,24,27)(H,25,29)(H,23,26,30). The first-order valence-corrected chi connectivity index (χ1v) is 10.7. The van der Waals surface area contributed by atoms with Gasteiger partial charge in [0, 0.05) is 48.5 Å². The van der Waals surface area contributed by atoms with Crippen molar-refractivity contribution < 1.29 is 14.7 Å². The lowest BCUT2D eigenvalue weighted by atomic mass is 9.85. The average molecular weight is 434 g/mol. The van der Waals surface area contributed by atoms with Gasteiger partial charge in [-0.2, -0.15) is 5.10 Å². The molecule has 2 heterocycles. The molecule has 162 valence electrons. The molecule has 3 rings (SSSR count). The summed E-state index contributed by atoms with van der Waals surface area (Å²) in [5.41, 5.74) is 2.54. The second-order valence-electron chi connectivity index (χ2n) is 7.74. The molecule has 0 spiro atoms. The number of rotatable bonds is 8. The van der Waals surface area contributed by atoms with Gasteiger partial charge in [0.2, 0.25) is 11.8 Å². The highest BCUT2D eigenvalue weighted by molar-refractivity contribution is 6.33. The minimum Gasteiger partial charge on any atom is -0.396 e. The molecular weight excluding hydrogens is 406 g/mol. The Morgan fingerprint density at radius 2 is 2.10 bits per heavy atom. The summed E-state index contributed by atoms with van der Waals surface area (Å²) in [7, 11) is 0. The number of carbonyl (C=O) groups excluding carboxylic acids is 2. The predicted molar refractivity (Wildman–Crippen MR) is 115 cm³/mol. The van der Waals surface area contributed by atoms with Crippen LogP contribution in [0.3, 0.4) is 0 Å². The molecular formula is C21H28ClN5O3. The Balaban J connectivity index is 1.70. The Hall–Kier alpha value is -2.45. The van der Waals surface area contributed by atoms with E-state index in [1.165, 1.54) is 13.1 Å². The largest absolute Gasteiger partial charge is 0.396 e.